The topological polar surface area (TPSA) is 182 Å². The van der Waals surface area contributed by atoms with Crippen LogP contribution in [0.15, 0.2) is 33.9 Å². The van der Waals surface area contributed by atoms with Crippen molar-refractivity contribution in [2.24, 2.45) is 0 Å². The predicted molar refractivity (Wildman–Crippen MR) is 136 cm³/mol. The molecular weight excluding hydrogens is 500 g/mol. The maximum atomic E-state index is 11.8. The molecule has 15 heteroatoms. The van der Waals surface area contributed by atoms with Gasteiger partial charge in [-0.15, -0.1) is 0 Å². The summed E-state index contributed by atoms with van der Waals surface area (Å²) < 4.78 is 16.8. The summed E-state index contributed by atoms with van der Waals surface area (Å²) in [6, 6.07) is 6.91. The molecule has 0 saturated carbocycles. The molecule has 0 spiro atoms. The molecule has 2 saturated heterocycles. The van der Waals surface area contributed by atoms with Crippen molar-refractivity contribution >= 4 is 29.7 Å². The van der Waals surface area contributed by atoms with Gasteiger partial charge < -0.3 is 29.0 Å². The summed E-state index contributed by atoms with van der Waals surface area (Å²) in [5, 5.41) is 11.2. The molecule has 2 aliphatic rings. The quantitative estimate of drug-likeness (QED) is 0.328. The highest BCUT2D eigenvalue weighted by Gasteiger charge is 2.22. The first-order chi connectivity index (χ1) is 18.5. The van der Waals surface area contributed by atoms with E-state index in [1.54, 1.807) is 24.3 Å². The maximum Gasteiger partial charge on any atom is 0.357 e. The molecule has 1 aromatic carbocycles. The Hall–Kier alpha value is -4.63. The Morgan fingerprint density at radius 1 is 0.868 bits per heavy atom. The van der Waals surface area contributed by atoms with Crippen LogP contribution in [0.4, 0.5) is 17.6 Å². The Bertz CT molecular complexity index is 1410. The first kappa shape index (κ1) is 25.0. The predicted octanol–water partition coefficient (Wildman–Crippen LogP) is 0.792. The second-order valence-electron chi connectivity index (χ2n) is 8.35. The molecule has 0 aliphatic carbocycles. The van der Waals surface area contributed by atoms with Crippen molar-refractivity contribution < 1.29 is 19.1 Å². The van der Waals surface area contributed by atoms with Crippen LogP contribution in [-0.4, -0.2) is 82.4 Å². The molecule has 5 rings (SSSR count). The monoisotopic (exact) mass is 524 g/mol. The SMILES string of the molecule is O=c1[nH]c(/C=C/c2ccc(Oc3nc(N4CCOCC4)nc(N4CCOCC4)n3)cc2)c([N+](=O)[O-])c(=O)[nH]1. The number of rotatable bonds is 7. The fraction of sp³-hybridized carbons (Fsp3) is 0.348. The zero-order valence-electron chi connectivity index (χ0n) is 20.2. The van der Waals surface area contributed by atoms with Crippen LogP contribution >= 0.6 is 0 Å². The number of ether oxygens (including phenoxy) is 3. The lowest BCUT2D eigenvalue weighted by Crippen LogP contribution is -2.40. The van der Waals surface area contributed by atoms with Gasteiger partial charge in [0.2, 0.25) is 11.9 Å². The van der Waals surface area contributed by atoms with E-state index < -0.39 is 21.9 Å². The molecule has 3 aromatic rings. The molecule has 0 atom stereocenters. The van der Waals surface area contributed by atoms with Crippen molar-refractivity contribution in [3.05, 3.63) is 66.5 Å². The number of nitro groups is 1. The maximum absolute atomic E-state index is 11.8. The summed E-state index contributed by atoms with van der Waals surface area (Å²) >= 11 is 0. The normalized spacial score (nSPS) is 16.1. The van der Waals surface area contributed by atoms with Crippen LogP contribution in [0.3, 0.4) is 0 Å². The van der Waals surface area contributed by atoms with E-state index in [1.807, 2.05) is 14.8 Å². The van der Waals surface area contributed by atoms with Gasteiger partial charge in [0.25, 0.3) is 0 Å². The summed E-state index contributed by atoms with van der Waals surface area (Å²) in [6.07, 6.45) is 2.82. The molecule has 2 aromatic heterocycles. The number of nitrogens with zero attached hydrogens (tertiary/aromatic N) is 6. The highest BCUT2D eigenvalue weighted by atomic mass is 16.6. The van der Waals surface area contributed by atoms with Crippen molar-refractivity contribution in [3.63, 3.8) is 0 Å². The summed E-state index contributed by atoms with van der Waals surface area (Å²) in [5.41, 5.74) is -2.23. The summed E-state index contributed by atoms with van der Waals surface area (Å²) in [7, 11) is 0. The Balaban J connectivity index is 1.36. The molecule has 15 nitrogen and oxygen atoms in total. The zero-order valence-corrected chi connectivity index (χ0v) is 20.2. The van der Waals surface area contributed by atoms with Crippen molar-refractivity contribution in [2.45, 2.75) is 0 Å². The number of morpholine rings is 2. The third kappa shape index (κ3) is 5.84. The average Bonchev–Trinajstić information content (AvgIpc) is 2.93. The Morgan fingerprint density at radius 3 is 2.00 bits per heavy atom. The second-order valence-corrected chi connectivity index (χ2v) is 8.35. The second kappa shape index (κ2) is 11.2. The number of hydrogen-bond acceptors (Lipinski definition) is 12. The van der Waals surface area contributed by atoms with E-state index in [2.05, 4.69) is 19.9 Å². The average molecular weight is 524 g/mol. The van der Waals surface area contributed by atoms with Crippen LogP contribution in [-0.2, 0) is 9.47 Å². The van der Waals surface area contributed by atoms with Crippen LogP contribution in [0.2, 0.25) is 0 Å². The van der Waals surface area contributed by atoms with E-state index in [9.17, 15) is 19.7 Å². The van der Waals surface area contributed by atoms with Gasteiger partial charge in [0.15, 0.2) is 0 Å². The summed E-state index contributed by atoms with van der Waals surface area (Å²) in [5.74, 6) is 1.48. The van der Waals surface area contributed by atoms with Gasteiger partial charge in [-0.3, -0.25) is 19.9 Å². The fourth-order valence-electron chi connectivity index (χ4n) is 3.92. The Kier molecular flexibility index (Phi) is 7.37. The number of hydrogen-bond donors (Lipinski definition) is 2. The van der Waals surface area contributed by atoms with Gasteiger partial charge in [0.05, 0.1) is 31.4 Å². The molecule has 2 N–H and O–H groups in total. The van der Waals surface area contributed by atoms with Crippen LogP contribution < -0.4 is 25.8 Å². The minimum Gasteiger partial charge on any atom is -0.424 e. The van der Waals surface area contributed by atoms with E-state index >= 15 is 0 Å². The Morgan fingerprint density at radius 2 is 1.45 bits per heavy atom. The van der Waals surface area contributed by atoms with Crippen molar-refractivity contribution in [1.29, 1.82) is 0 Å². The molecule has 0 bridgehead atoms. The first-order valence-electron chi connectivity index (χ1n) is 11.8. The summed E-state index contributed by atoms with van der Waals surface area (Å²) in [4.78, 5) is 55.5. The highest BCUT2D eigenvalue weighted by molar-refractivity contribution is 5.71. The van der Waals surface area contributed by atoms with Gasteiger partial charge in [0, 0.05) is 26.2 Å². The number of nitrogens with one attached hydrogen (secondary N) is 2. The van der Waals surface area contributed by atoms with Gasteiger partial charge in [-0.05, 0) is 23.8 Å². The van der Waals surface area contributed by atoms with Gasteiger partial charge in [0.1, 0.15) is 11.4 Å². The van der Waals surface area contributed by atoms with Crippen molar-refractivity contribution in [3.8, 4) is 11.8 Å². The van der Waals surface area contributed by atoms with Gasteiger partial charge in [-0.1, -0.05) is 18.2 Å². The molecule has 2 fully saturated rings. The van der Waals surface area contributed by atoms with Crippen LogP contribution in [0.1, 0.15) is 11.3 Å². The van der Waals surface area contributed by atoms with E-state index in [-0.39, 0.29) is 11.7 Å². The standard InChI is InChI=1S/C23H24N8O7/c32-19-18(31(34)35)17(24-22(33)25-19)6-3-15-1-4-16(5-2-15)38-23-27-20(29-7-11-36-12-8-29)26-21(28-23)30-9-13-37-14-10-30/h1-6H,7-14H2,(H2,24,25,32,33)/b6-3+. The minimum atomic E-state index is -1.08. The fourth-order valence-corrected chi connectivity index (χ4v) is 3.92. The Labute approximate surface area is 214 Å². The number of H-pyrrole nitrogens is 2. The zero-order chi connectivity index (χ0) is 26.5. The lowest BCUT2D eigenvalue weighted by molar-refractivity contribution is -0.386. The number of anilines is 2. The van der Waals surface area contributed by atoms with Crippen LogP contribution in [0.25, 0.3) is 12.2 Å². The van der Waals surface area contributed by atoms with E-state index in [0.717, 1.165) is 0 Å². The molecule has 2 aliphatic heterocycles. The summed E-state index contributed by atoms with van der Waals surface area (Å²) in [6.45, 7) is 4.95. The van der Waals surface area contributed by atoms with Gasteiger partial charge >= 0.3 is 22.9 Å². The van der Waals surface area contributed by atoms with Crippen LogP contribution in [0.5, 0.6) is 11.8 Å². The molecule has 38 heavy (non-hydrogen) atoms. The first-order valence-corrected chi connectivity index (χ1v) is 11.8. The number of aromatic amines is 2. The largest absolute Gasteiger partial charge is 0.424 e. The van der Waals surface area contributed by atoms with Crippen molar-refractivity contribution in [1.82, 2.24) is 24.9 Å². The molecule has 4 heterocycles. The molecule has 0 unspecified atom stereocenters. The van der Waals surface area contributed by atoms with Gasteiger partial charge in [-0.25, -0.2) is 4.79 Å². The third-order valence-electron chi connectivity index (χ3n) is 5.84. The molecule has 198 valence electrons. The van der Waals surface area contributed by atoms with E-state index in [0.29, 0.717) is 75.8 Å². The van der Waals surface area contributed by atoms with E-state index in [1.165, 1.54) is 12.2 Å². The molecular formula is C23H24N8O7. The number of aromatic nitrogens is 5. The minimum absolute atomic E-state index is 0.142. The number of benzene rings is 1. The smallest absolute Gasteiger partial charge is 0.357 e. The highest BCUT2D eigenvalue weighted by Crippen LogP contribution is 2.24. The van der Waals surface area contributed by atoms with Crippen LogP contribution in [0, 0.1) is 10.1 Å². The van der Waals surface area contributed by atoms with E-state index in [4.69, 9.17) is 14.2 Å². The molecule has 0 amide bonds. The molecule has 0 radical (unpaired) electrons. The lowest BCUT2D eigenvalue weighted by atomic mass is 10.2. The van der Waals surface area contributed by atoms with Gasteiger partial charge in [-0.2, -0.15) is 15.0 Å². The third-order valence-corrected chi connectivity index (χ3v) is 5.84. The van der Waals surface area contributed by atoms with Crippen molar-refractivity contribution in [2.75, 3.05) is 62.4 Å². The lowest BCUT2D eigenvalue weighted by Gasteiger charge is -2.30.